The summed E-state index contributed by atoms with van der Waals surface area (Å²) in [6, 6.07) is 3.92. The molecule has 1 amide bonds. The van der Waals surface area contributed by atoms with Crippen molar-refractivity contribution in [3.63, 3.8) is 0 Å². The maximum atomic E-state index is 13.3. The lowest BCUT2D eigenvalue weighted by atomic mass is 10.1. The van der Waals surface area contributed by atoms with Crippen LogP contribution in [0.4, 0.5) is 5.13 Å². The van der Waals surface area contributed by atoms with Gasteiger partial charge in [0.05, 0.1) is 23.4 Å². The quantitative estimate of drug-likeness (QED) is 0.748. The predicted octanol–water partition coefficient (Wildman–Crippen LogP) is 4.11. The number of aromatic nitrogens is 1. The van der Waals surface area contributed by atoms with Gasteiger partial charge in [0, 0.05) is 37.1 Å². The maximum absolute atomic E-state index is 13.3. The van der Waals surface area contributed by atoms with Gasteiger partial charge in [-0.15, -0.1) is 0 Å². The van der Waals surface area contributed by atoms with E-state index in [9.17, 15) is 4.79 Å². The SMILES string of the molecule is Cc1c(Cl)ccc2sc(N(CCN3CCOCC3)C(=O)C3CCCC3)nc12. The van der Waals surface area contributed by atoms with E-state index >= 15 is 0 Å². The monoisotopic (exact) mass is 407 g/mol. The predicted molar refractivity (Wildman–Crippen MR) is 111 cm³/mol. The molecule has 1 aromatic heterocycles. The van der Waals surface area contributed by atoms with Gasteiger partial charge in [0.15, 0.2) is 5.13 Å². The van der Waals surface area contributed by atoms with E-state index in [1.807, 2.05) is 24.0 Å². The fourth-order valence-electron chi connectivity index (χ4n) is 3.96. The van der Waals surface area contributed by atoms with Crippen LogP contribution in [0.3, 0.4) is 0 Å². The fourth-order valence-corrected chi connectivity index (χ4v) is 5.17. The molecule has 2 aliphatic rings. The van der Waals surface area contributed by atoms with Crippen LogP contribution in [-0.2, 0) is 9.53 Å². The van der Waals surface area contributed by atoms with E-state index in [0.29, 0.717) is 6.54 Å². The summed E-state index contributed by atoms with van der Waals surface area (Å²) in [5, 5.41) is 1.53. The molecule has 1 aliphatic heterocycles. The number of carbonyl (C=O) groups excluding carboxylic acids is 1. The number of nitrogens with zero attached hydrogens (tertiary/aromatic N) is 3. The third kappa shape index (κ3) is 4.14. The van der Waals surface area contributed by atoms with Gasteiger partial charge in [-0.25, -0.2) is 4.98 Å². The van der Waals surface area contributed by atoms with Crippen LogP contribution in [-0.4, -0.2) is 55.2 Å². The Morgan fingerprint density at radius 3 is 2.81 bits per heavy atom. The molecule has 1 saturated heterocycles. The Morgan fingerprint density at radius 1 is 1.33 bits per heavy atom. The molecule has 2 fully saturated rings. The van der Waals surface area contributed by atoms with E-state index in [0.717, 1.165) is 84.5 Å². The number of rotatable bonds is 5. The van der Waals surface area contributed by atoms with E-state index in [1.165, 1.54) is 0 Å². The zero-order valence-corrected chi connectivity index (χ0v) is 17.3. The molecule has 2 aromatic rings. The second-order valence-electron chi connectivity index (χ2n) is 7.44. The third-order valence-corrected chi connectivity index (χ3v) is 7.13. The summed E-state index contributed by atoms with van der Waals surface area (Å²) in [5.41, 5.74) is 1.90. The number of hydrogen-bond donors (Lipinski definition) is 0. The van der Waals surface area contributed by atoms with Crippen molar-refractivity contribution < 1.29 is 9.53 Å². The van der Waals surface area contributed by atoms with Gasteiger partial charge in [-0.05, 0) is 37.5 Å². The van der Waals surface area contributed by atoms with Crippen molar-refractivity contribution in [1.82, 2.24) is 9.88 Å². The molecule has 1 saturated carbocycles. The molecular weight excluding hydrogens is 382 g/mol. The molecule has 7 heteroatoms. The Balaban J connectivity index is 1.60. The zero-order valence-electron chi connectivity index (χ0n) is 15.7. The molecule has 0 N–H and O–H groups in total. The van der Waals surface area contributed by atoms with Crippen molar-refractivity contribution in [3.8, 4) is 0 Å². The van der Waals surface area contributed by atoms with Gasteiger partial charge in [0.1, 0.15) is 0 Å². The first-order valence-corrected chi connectivity index (χ1v) is 11.0. The van der Waals surface area contributed by atoms with E-state index in [4.69, 9.17) is 21.3 Å². The van der Waals surface area contributed by atoms with Crippen molar-refractivity contribution in [2.24, 2.45) is 5.92 Å². The lowest BCUT2D eigenvalue weighted by Crippen LogP contribution is -2.44. The van der Waals surface area contributed by atoms with Crippen LogP contribution < -0.4 is 4.90 Å². The molecule has 2 heterocycles. The Hall–Kier alpha value is -1.21. The summed E-state index contributed by atoms with van der Waals surface area (Å²) in [6.07, 6.45) is 4.32. The molecule has 0 atom stereocenters. The average molecular weight is 408 g/mol. The number of ether oxygens (including phenoxy) is 1. The normalized spacial score (nSPS) is 19.0. The van der Waals surface area contributed by atoms with Crippen LogP contribution in [0.2, 0.25) is 5.02 Å². The number of benzene rings is 1. The number of aryl methyl sites for hydroxylation is 1. The average Bonchev–Trinajstić information content (AvgIpc) is 3.36. The highest BCUT2D eigenvalue weighted by molar-refractivity contribution is 7.22. The number of anilines is 1. The Morgan fingerprint density at radius 2 is 2.07 bits per heavy atom. The maximum Gasteiger partial charge on any atom is 0.231 e. The van der Waals surface area contributed by atoms with Crippen LogP contribution in [0.1, 0.15) is 31.2 Å². The van der Waals surface area contributed by atoms with Crippen LogP contribution in [0, 0.1) is 12.8 Å². The summed E-state index contributed by atoms with van der Waals surface area (Å²) >= 11 is 7.87. The highest BCUT2D eigenvalue weighted by Gasteiger charge is 2.30. The standard InChI is InChI=1S/C20H26ClN3O2S/c1-14-16(21)6-7-17-18(14)22-20(27-17)24(19(25)15-4-2-3-5-15)9-8-23-10-12-26-13-11-23/h6-7,15H,2-5,8-13H2,1H3. The largest absolute Gasteiger partial charge is 0.379 e. The summed E-state index contributed by atoms with van der Waals surface area (Å²) < 4.78 is 6.52. The molecule has 27 heavy (non-hydrogen) atoms. The molecule has 0 bridgehead atoms. The number of thiazole rings is 1. The molecule has 4 rings (SSSR count). The topological polar surface area (TPSA) is 45.7 Å². The molecule has 0 radical (unpaired) electrons. The van der Waals surface area contributed by atoms with Gasteiger partial charge in [-0.2, -0.15) is 0 Å². The third-order valence-electron chi connectivity index (χ3n) is 5.68. The minimum atomic E-state index is 0.145. The molecule has 146 valence electrons. The lowest BCUT2D eigenvalue weighted by molar-refractivity contribution is -0.122. The lowest BCUT2D eigenvalue weighted by Gasteiger charge is -2.30. The number of carbonyl (C=O) groups is 1. The van der Waals surface area contributed by atoms with E-state index < -0.39 is 0 Å². The van der Waals surface area contributed by atoms with Gasteiger partial charge < -0.3 is 4.74 Å². The second kappa shape index (κ2) is 8.43. The van der Waals surface area contributed by atoms with Crippen LogP contribution >= 0.6 is 22.9 Å². The molecule has 5 nitrogen and oxygen atoms in total. The number of morpholine rings is 1. The van der Waals surface area contributed by atoms with Crippen LogP contribution in [0.25, 0.3) is 10.2 Å². The van der Waals surface area contributed by atoms with Gasteiger partial charge in [0.2, 0.25) is 5.91 Å². The first-order valence-electron chi connectivity index (χ1n) is 9.80. The summed E-state index contributed by atoms with van der Waals surface area (Å²) in [5.74, 6) is 0.384. The van der Waals surface area contributed by atoms with Gasteiger partial charge in [-0.1, -0.05) is 35.8 Å². The number of halogens is 1. The minimum Gasteiger partial charge on any atom is -0.379 e. The van der Waals surface area contributed by atoms with Crippen LogP contribution in [0.15, 0.2) is 12.1 Å². The highest BCUT2D eigenvalue weighted by atomic mass is 35.5. The van der Waals surface area contributed by atoms with Gasteiger partial charge >= 0.3 is 0 Å². The Labute approximate surface area is 169 Å². The van der Waals surface area contributed by atoms with Crippen molar-refractivity contribution in [2.45, 2.75) is 32.6 Å². The van der Waals surface area contributed by atoms with Crippen molar-refractivity contribution >= 4 is 44.2 Å². The fraction of sp³-hybridized carbons (Fsp3) is 0.600. The molecule has 1 aromatic carbocycles. The first-order chi connectivity index (χ1) is 13.1. The van der Waals surface area contributed by atoms with E-state index in [1.54, 1.807) is 11.3 Å². The smallest absolute Gasteiger partial charge is 0.231 e. The van der Waals surface area contributed by atoms with Crippen LogP contribution in [0.5, 0.6) is 0 Å². The zero-order chi connectivity index (χ0) is 18.8. The first kappa shape index (κ1) is 19.1. The molecular formula is C20H26ClN3O2S. The number of amides is 1. The Kier molecular flexibility index (Phi) is 5.97. The van der Waals surface area contributed by atoms with Gasteiger partial charge in [-0.3, -0.25) is 14.6 Å². The molecule has 1 aliphatic carbocycles. The van der Waals surface area contributed by atoms with Gasteiger partial charge in [0.25, 0.3) is 0 Å². The van der Waals surface area contributed by atoms with Crippen molar-refractivity contribution in [3.05, 3.63) is 22.7 Å². The minimum absolute atomic E-state index is 0.145. The van der Waals surface area contributed by atoms with E-state index in [-0.39, 0.29) is 11.8 Å². The van der Waals surface area contributed by atoms with Crippen molar-refractivity contribution in [1.29, 1.82) is 0 Å². The second-order valence-corrected chi connectivity index (χ2v) is 8.86. The number of hydrogen-bond acceptors (Lipinski definition) is 5. The molecule has 0 spiro atoms. The Bertz CT molecular complexity index is 813. The summed E-state index contributed by atoms with van der Waals surface area (Å²) in [6.45, 7) is 6.94. The highest BCUT2D eigenvalue weighted by Crippen LogP contribution is 2.35. The van der Waals surface area contributed by atoms with Crippen molar-refractivity contribution in [2.75, 3.05) is 44.3 Å². The number of fused-ring (bicyclic) bond motifs is 1. The molecule has 0 unspecified atom stereocenters. The summed E-state index contributed by atoms with van der Waals surface area (Å²) in [7, 11) is 0. The summed E-state index contributed by atoms with van der Waals surface area (Å²) in [4.78, 5) is 22.4. The van der Waals surface area contributed by atoms with E-state index in [2.05, 4.69) is 4.90 Å².